The first kappa shape index (κ1) is 21.8. The van der Waals surface area contributed by atoms with Crippen LogP contribution in [0.2, 0.25) is 0 Å². The molecule has 4 rings (SSSR count). The third-order valence-corrected chi connectivity index (χ3v) is 6.58. The second-order valence-electron chi connectivity index (χ2n) is 10.0. The number of piperazine rings is 1. The van der Waals surface area contributed by atoms with Crippen LogP contribution in [0.25, 0.3) is 0 Å². The Kier molecular flexibility index (Phi) is 6.06. The third-order valence-electron chi connectivity index (χ3n) is 6.58. The molecule has 2 heterocycles. The summed E-state index contributed by atoms with van der Waals surface area (Å²) >= 11 is 0. The first-order valence-electron chi connectivity index (χ1n) is 11.1. The minimum Gasteiger partial charge on any atom is -0.356 e. The summed E-state index contributed by atoms with van der Waals surface area (Å²) in [6, 6.07) is 17.3. The van der Waals surface area contributed by atoms with Crippen LogP contribution >= 0.6 is 0 Å². The third kappa shape index (κ3) is 5.09. The summed E-state index contributed by atoms with van der Waals surface area (Å²) in [5.74, 6) is -0.239. The quantitative estimate of drug-likeness (QED) is 0.547. The van der Waals surface area contributed by atoms with Gasteiger partial charge >= 0.3 is 0 Å². The van der Waals surface area contributed by atoms with Crippen LogP contribution in [0.1, 0.15) is 38.3 Å². The van der Waals surface area contributed by atoms with E-state index >= 15 is 0 Å². The van der Waals surface area contributed by atoms with E-state index in [-0.39, 0.29) is 24.4 Å². The van der Waals surface area contributed by atoms with Gasteiger partial charge in [-0.3, -0.25) is 14.9 Å². The summed E-state index contributed by atoms with van der Waals surface area (Å²) in [6.07, 6.45) is 1.13. The van der Waals surface area contributed by atoms with Crippen LogP contribution in [0.4, 0.5) is 11.4 Å². The summed E-state index contributed by atoms with van der Waals surface area (Å²) in [7, 11) is 2.14. The van der Waals surface area contributed by atoms with Crippen LogP contribution in [0.5, 0.6) is 0 Å². The Hall–Kier alpha value is -2.41. The SMILES string of the molecule is CN1C[C@@H]2CC1CN2CC(=O)N(O)Cc1ccc(Nc2ccc(C(C)(C)C)cc2)cc1. The van der Waals surface area contributed by atoms with Crippen molar-refractivity contribution < 1.29 is 10.0 Å². The fourth-order valence-corrected chi connectivity index (χ4v) is 4.57. The summed E-state index contributed by atoms with van der Waals surface area (Å²) in [4.78, 5) is 17.0. The molecule has 0 spiro atoms. The van der Waals surface area contributed by atoms with Gasteiger partial charge in [0.25, 0.3) is 5.91 Å². The monoisotopic (exact) mass is 422 g/mol. The zero-order valence-corrected chi connectivity index (χ0v) is 19.0. The molecule has 2 aromatic carbocycles. The summed E-state index contributed by atoms with van der Waals surface area (Å²) < 4.78 is 0. The Morgan fingerprint density at radius 3 is 2.16 bits per heavy atom. The molecule has 2 aliphatic rings. The maximum Gasteiger partial charge on any atom is 0.260 e. The highest BCUT2D eigenvalue weighted by molar-refractivity contribution is 5.77. The minimum atomic E-state index is -0.239. The number of hydrogen-bond acceptors (Lipinski definition) is 5. The molecule has 0 aromatic heterocycles. The molecule has 2 aromatic rings. The number of benzene rings is 2. The molecule has 2 bridgehead atoms. The van der Waals surface area contributed by atoms with Crippen LogP contribution in [0, 0.1) is 0 Å². The molecular formula is C25H34N4O2. The van der Waals surface area contributed by atoms with Gasteiger partial charge in [0.1, 0.15) is 0 Å². The highest BCUT2D eigenvalue weighted by Gasteiger charge is 2.42. The Labute approximate surface area is 185 Å². The van der Waals surface area contributed by atoms with E-state index in [4.69, 9.17) is 0 Å². The van der Waals surface area contributed by atoms with E-state index in [9.17, 15) is 10.0 Å². The van der Waals surface area contributed by atoms with Crippen molar-refractivity contribution in [3.63, 3.8) is 0 Å². The van der Waals surface area contributed by atoms with Gasteiger partial charge in [-0.05, 0) is 54.3 Å². The summed E-state index contributed by atoms with van der Waals surface area (Å²) in [5.41, 5.74) is 4.34. The van der Waals surface area contributed by atoms with Gasteiger partial charge in [0, 0.05) is 36.5 Å². The van der Waals surface area contributed by atoms with Gasteiger partial charge in [-0.15, -0.1) is 0 Å². The lowest BCUT2D eigenvalue weighted by Gasteiger charge is -2.32. The van der Waals surface area contributed by atoms with Crippen molar-refractivity contribution in [1.29, 1.82) is 0 Å². The van der Waals surface area contributed by atoms with Crippen molar-refractivity contribution in [1.82, 2.24) is 14.9 Å². The number of amides is 1. The molecule has 1 unspecified atom stereocenters. The minimum absolute atomic E-state index is 0.137. The van der Waals surface area contributed by atoms with Gasteiger partial charge in [0.05, 0.1) is 13.1 Å². The van der Waals surface area contributed by atoms with E-state index in [1.54, 1.807) is 0 Å². The predicted molar refractivity (Wildman–Crippen MR) is 124 cm³/mol. The second-order valence-corrected chi connectivity index (χ2v) is 10.0. The topological polar surface area (TPSA) is 59.0 Å². The highest BCUT2D eigenvalue weighted by Crippen LogP contribution is 2.29. The molecule has 2 fully saturated rings. The van der Waals surface area contributed by atoms with Crippen LogP contribution < -0.4 is 5.32 Å². The molecule has 166 valence electrons. The lowest BCUT2D eigenvalue weighted by atomic mass is 9.87. The number of nitrogens with zero attached hydrogens (tertiary/aromatic N) is 3. The molecule has 2 aliphatic heterocycles. The number of likely N-dealkylation sites (N-methyl/N-ethyl adjacent to an activating group) is 1. The number of rotatable bonds is 6. The Morgan fingerprint density at radius 2 is 1.65 bits per heavy atom. The van der Waals surface area contributed by atoms with E-state index in [1.165, 1.54) is 5.56 Å². The number of likely N-dealkylation sites (tertiary alicyclic amines) is 2. The maximum atomic E-state index is 12.5. The molecule has 0 saturated carbocycles. The van der Waals surface area contributed by atoms with Crippen molar-refractivity contribution in [3.05, 3.63) is 59.7 Å². The normalized spacial score (nSPS) is 21.5. The fraction of sp³-hybridized carbons (Fsp3) is 0.480. The molecular weight excluding hydrogens is 388 g/mol. The van der Waals surface area contributed by atoms with Crippen LogP contribution in [-0.4, -0.2) is 64.7 Å². The number of carbonyl (C=O) groups excluding carboxylic acids is 1. The zero-order chi connectivity index (χ0) is 22.2. The number of carbonyl (C=O) groups is 1. The molecule has 2 saturated heterocycles. The predicted octanol–water partition coefficient (Wildman–Crippen LogP) is 3.83. The van der Waals surface area contributed by atoms with Gasteiger partial charge in [-0.1, -0.05) is 45.0 Å². The van der Waals surface area contributed by atoms with E-state index in [0.29, 0.717) is 12.1 Å². The molecule has 6 nitrogen and oxygen atoms in total. The van der Waals surface area contributed by atoms with Gasteiger partial charge in [0.15, 0.2) is 0 Å². The van der Waals surface area contributed by atoms with Gasteiger partial charge < -0.3 is 10.2 Å². The van der Waals surface area contributed by atoms with Crippen molar-refractivity contribution in [2.24, 2.45) is 0 Å². The van der Waals surface area contributed by atoms with Crippen molar-refractivity contribution >= 4 is 17.3 Å². The average Bonchev–Trinajstić information content (AvgIpc) is 3.28. The smallest absolute Gasteiger partial charge is 0.260 e. The molecule has 0 aliphatic carbocycles. The number of nitrogens with one attached hydrogen (secondary N) is 1. The van der Waals surface area contributed by atoms with E-state index in [1.807, 2.05) is 24.3 Å². The zero-order valence-electron chi connectivity index (χ0n) is 19.0. The van der Waals surface area contributed by atoms with Crippen LogP contribution in [0.3, 0.4) is 0 Å². The summed E-state index contributed by atoms with van der Waals surface area (Å²) in [5, 5.41) is 14.5. The van der Waals surface area contributed by atoms with Gasteiger partial charge in [0.2, 0.25) is 0 Å². The lowest BCUT2D eigenvalue weighted by molar-refractivity contribution is -0.169. The van der Waals surface area contributed by atoms with E-state index in [2.05, 4.69) is 67.2 Å². The Balaban J connectivity index is 1.28. The first-order chi connectivity index (χ1) is 14.7. The maximum absolute atomic E-state index is 12.5. The molecule has 31 heavy (non-hydrogen) atoms. The number of fused-ring (bicyclic) bond motifs is 2. The Morgan fingerprint density at radius 1 is 1.03 bits per heavy atom. The largest absolute Gasteiger partial charge is 0.356 e. The summed E-state index contributed by atoms with van der Waals surface area (Å²) in [6.45, 7) is 9.02. The molecule has 2 N–H and O–H groups in total. The van der Waals surface area contributed by atoms with Crippen LogP contribution in [-0.2, 0) is 16.8 Å². The molecule has 6 heteroatoms. The highest BCUT2D eigenvalue weighted by atomic mass is 16.5. The van der Waals surface area contributed by atoms with E-state index < -0.39 is 0 Å². The number of hydrogen-bond donors (Lipinski definition) is 2. The molecule has 2 atom stereocenters. The average molecular weight is 423 g/mol. The molecule has 0 radical (unpaired) electrons. The van der Waals surface area contributed by atoms with Crippen molar-refractivity contribution in [3.8, 4) is 0 Å². The van der Waals surface area contributed by atoms with Crippen LogP contribution in [0.15, 0.2) is 48.5 Å². The number of anilines is 2. The standard InChI is InChI=1S/C25H34N4O2/c1-25(2,3)19-7-11-21(12-8-19)26-20-9-5-18(6-10-20)14-29(31)24(30)17-28-16-22-13-23(28)15-27(22)4/h5-12,22-23,26,31H,13-17H2,1-4H3/t22?,23-/m0/s1. The second kappa shape index (κ2) is 8.61. The number of hydroxylamine groups is 2. The Bertz CT molecular complexity index is 903. The van der Waals surface area contributed by atoms with Crippen molar-refractivity contribution in [2.45, 2.75) is 51.2 Å². The van der Waals surface area contributed by atoms with E-state index in [0.717, 1.165) is 41.5 Å². The fourth-order valence-electron chi connectivity index (χ4n) is 4.57. The van der Waals surface area contributed by atoms with Gasteiger partial charge in [-0.2, -0.15) is 0 Å². The first-order valence-corrected chi connectivity index (χ1v) is 11.1. The van der Waals surface area contributed by atoms with Crippen molar-refractivity contribution in [2.75, 3.05) is 32.0 Å². The van der Waals surface area contributed by atoms with Gasteiger partial charge in [-0.25, -0.2) is 5.06 Å². The molecule has 1 amide bonds. The lowest BCUT2D eigenvalue weighted by Crippen LogP contribution is -2.48.